The molecule has 1 nitrogen and oxygen atoms in total. The number of thioether (sulfide) groups is 1. The van der Waals surface area contributed by atoms with Crippen molar-refractivity contribution in [3.05, 3.63) is 101 Å². The van der Waals surface area contributed by atoms with Gasteiger partial charge in [-0.1, -0.05) is 54.1 Å². The quantitative estimate of drug-likeness (QED) is 0.455. The van der Waals surface area contributed by atoms with E-state index in [0.717, 1.165) is 22.4 Å². The van der Waals surface area contributed by atoms with Crippen molar-refractivity contribution < 1.29 is 4.79 Å². The van der Waals surface area contributed by atoms with Gasteiger partial charge in [0.2, 0.25) is 0 Å². The lowest BCUT2D eigenvalue weighted by molar-refractivity contribution is 0.103. The molecule has 3 rings (SSSR count). The Morgan fingerprint density at radius 3 is 2.26 bits per heavy atom. The number of aryl methyl sites for hydroxylation is 1. The normalized spacial score (nSPS) is 10.5. The van der Waals surface area contributed by atoms with Crippen molar-refractivity contribution in [2.75, 3.05) is 0 Å². The number of benzene rings is 3. The van der Waals surface area contributed by atoms with Gasteiger partial charge in [-0.15, -0.1) is 11.8 Å². The average Bonchev–Trinajstić information content (AvgIpc) is 2.61. The minimum Gasteiger partial charge on any atom is -0.289 e. The summed E-state index contributed by atoms with van der Waals surface area (Å²) in [5.74, 6) is 1.01. The summed E-state index contributed by atoms with van der Waals surface area (Å²) >= 11 is 1.78. The minimum atomic E-state index is 0.0771. The molecule has 3 aromatic carbocycles. The van der Waals surface area contributed by atoms with Crippen LogP contribution in [0.1, 0.15) is 27.0 Å². The number of hydrogen-bond acceptors (Lipinski definition) is 2. The first kappa shape index (κ1) is 15.6. The Morgan fingerprint density at radius 1 is 0.826 bits per heavy atom. The number of hydrogen-bond donors (Lipinski definition) is 0. The summed E-state index contributed by atoms with van der Waals surface area (Å²) in [6.45, 7) is 2.00. The van der Waals surface area contributed by atoms with E-state index in [1.807, 2.05) is 61.5 Å². The molecular weight excluding hydrogens is 300 g/mol. The van der Waals surface area contributed by atoms with Crippen LogP contribution in [0.2, 0.25) is 0 Å². The van der Waals surface area contributed by atoms with Gasteiger partial charge in [-0.2, -0.15) is 0 Å². The SMILES string of the molecule is Cc1cccc(C(=O)c2ccc(SCc3ccccc3)cc2)c1. The van der Waals surface area contributed by atoms with Gasteiger partial charge < -0.3 is 0 Å². The summed E-state index contributed by atoms with van der Waals surface area (Å²) in [5.41, 5.74) is 3.89. The van der Waals surface area contributed by atoms with Crippen molar-refractivity contribution >= 4 is 17.5 Å². The van der Waals surface area contributed by atoms with Crippen LogP contribution < -0.4 is 0 Å². The van der Waals surface area contributed by atoms with E-state index >= 15 is 0 Å². The van der Waals surface area contributed by atoms with Crippen molar-refractivity contribution in [2.45, 2.75) is 17.6 Å². The predicted octanol–water partition coefficient (Wildman–Crippen LogP) is 5.52. The summed E-state index contributed by atoms with van der Waals surface area (Å²) in [6, 6.07) is 26.0. The van der Waals surface area contributed by atoms with E-state index in [9.17, 15) is 4.79 Å². The van der Waals surface area contributed by atoms with Crippen LogP contribution in [0.3, 0.4) is 0 Å². The Morgan fingerprint density at radius 2 is 1.57 bits per heavy atom. The Hall–Kier alpha value is -2.32. The van der Waals surface area contributed by atoms with E-state index < -0.39 is 0 Å². The molecule has 0 fully saturated rings. The van der Waals surface area contributed by atoms with E-state index in [4.69, 9.17) is 0 Å². The maximum absolute atomic E-state index is 12.5. The highest BCUT2D eigenvalue weighted by Gasteiger charge is 2.09. The van der Waals surface area contributed by atoms with Crippen LogP contribution in [0.15, 0.2) is 83.8 Å². The molecule has 0 N–H and O–H groups in total. The van der Waals surface area contributed by atoms with Crippen LogP contribution in [0.4, 0.5) is 0 Å². The third-order valence-corrected chi connectivity index (χ3v) is 4.73. The number of carbonyl (C=O) groups excluding carboxylic acids is 1. The lowest BCUT2D eigenvalue weighted by atomic mass is 10.0. The topological polar surface area (TPSA) is 17.1 Å². The van der Waals surface area contributed by atoms with Crippen molar-refractivity contribution in [1.82, 2.24) is 0 Å². The third kappa shape index (κ3) is 4.11. The summed E-state index contributed by atoms with van der Waals surface area (Å²) in [5, 5.41) is 0. The Labute approximate surface area is 141 Å². The fraction of sp³-hybridized carbons (Fsp3) is 0.0952. The number of ketones is 1. The van der Waals surface area contributed by atoms with Gasteiger partial charge in [-0.25, -0.2) is 0 Å². The van der Waals surface area contributed by atoms with Gasteiger partial charge >= 0.3 is 0 Å². The fourth-order valence-electron chi connectivity index (χ4n) is 2.40. The first-order valence-corrected chi connectivity index (χ1v) is 8.59. The number of rotatable bonds is 5. The first-order valence-electron chi connectivity index (χ1n) is 7.60. The van der Waals surface area contributed by atoms with Crippen LogP contribution in [0.25, 0.3) is 0 Å². The van der Waals surface area contributed by atoms with Crippen molar-refractivity contribution in [1.29, 1.82) is 0 Å². The molecule has 2 heteroatoms. The lowest BCUT2D eigenvalue weighted by Crippen LogP contribution is -2.01. The second-order valence-corrected chi connectivity index (χ2v) is 6.55. The largest absolute Gasteiger partial charge is 0.289 e. The molecule has 0 unspecified atom stereocenters. The Kier molecular flexibility index (Phi) is 4.94. The monoisotopic (exact) mass is 318 g/mol. The highest BCUT2D eigenvalue weighted by atomic mass is 32.2. The van der Waals surface area contributed by atoms with Crippen molar-refractivity contribution in [3.63, 3.8) is 0 Å². The molecule has 0 atom stereocenters. The smallest absolute Gasteiger partial charge is 0.193 e. The number of carbonyl (C=O) groups is 1. The third-order valence-electron chi connectivity index (χ3n) is 3.65. The van der Waals surface area contributed by atoms with E-state index in [2.05, 4.69) is 24.3 Å². The standard InChI is InChI=1S/C21H18OS/c1-16-6-5-9-19(14-16)21(22)18-10-12-20(13-11-18)23-15-17-7-3-2-4-8-17/h2-14H,15H2,1H3. The lowest BCUT2D eigenvalue weighted by Gasteiger charge is -2.05. The molecule has 0 radical (unpaired) electrons. The van der Waals surface area contributed by atoms with E-state index in [-0.39, 0.29) is 5.78 Å². The van der Waals surface area contributed by atoms with Gasteiger partial charge in [0, 0.05) is 21.8 Å². The molecule has 0 bridgehead atoms. The maximum Gasteiger partial charge on any atom is 0.193 e. The molecule has 3 aromatic rings. The molecule has 0 aromatic heterocycles. The molecule has 0 aliphatic carbocycles. The zero-order valence-corrected chi connectivity index (χ0v) is 13.8. The summed E-state index contributed by atoms with van der Waals surface area (Å²) in [6.07, 6.45) is 0. The highest BCUT2D eigenvalue weighted by Crippen LogP contribution is 2.23. The molecule has 0 amide bonds. The molecule has 0 aliphatic rings. The molecule has 0 aliphatic heterocycles. The van der Waals surface area contributed by atoms with Crippen LogP contribution in [-0.4, -0.2) is 5.78 Å². The highest BCUT2D eigenvalue weighted by molar-refractivity contribution is 7.98. The molecule has 0 saturated carbocycles. The molecule has 114 valence electrons. The predicted molar refractivity (Wildman–Crippen MR) is 97.1 cm³/mol. The first-order chi connectivity index (χ1) is 11.2. The summed E-state index contributed by atoms with van der Waals surface area (Å²) in [4.78, 5) is 13.7. The van der Waals surface area contributed by atoms with Crippen molar-refractivity contribution in [2.24, 2.45) is 0 Å². The van der Waals surface area contributed by atoms with Crippen LogP contribution >= 0.6 is 11.8 Å². The zero-order valence-electron chi connectivity index (χ0n) is 13.0. The molecule has 0 spiro atoms. The molecular formula is C21H18OS. The van der Waals surface area contributed by atoms with Gasteiger partial charge in [0.25, 0.3) is 0 Å². The Bertz CT molecular complexity index is 792. The zero-order chi connectivity index (χ0) is 16.1. The van der Waals surface area contributed by atoms with E-state index in [1.54, 1.807) is 11.8 Å². The maximum atomic E-state index is 12.5. The second-order valence-electron chi connectivity index (χ2n) is 5.50. The molecule has 23 heavy (non-hydrogen) atoms. The van der Waals surface area contributed by atoms with Crippen molar-refractivity contribution in [3.8, 4) is 0 Å². The molecule has 0 saturated heterocycles. The minimum absolute atomic E-state index is 0.0771. The fourth-order valence-corrected chi connectivity index (χ4v) is 3.25. The van der Waals surface area contributed by atoms with E-state index in [1.165, 1.54) is 10.5 Å². The van der Waals surface area contributed by atoms with E-state index in [0.29, 0.717) is 0 Å². The second kappa shape index (κ2) is 7.30. The summed E-state index contributed by atoms with van der Waals surface area (Å²) < 4.78 is 0. The van der Waals surface area contributed by atoms with Crippen LogP contribution in [0.5, 0.6) is 0 Å². The van der Waals surface area contributed by atoms with Crippen LogP contribution in [-0.2, 0) is 5.75 Å². The van der Waals surface area contributed by atoms with Gasteiger partial charge in [0.05, 0.1) is 0 Å². The van der Waals surface area contributed by atoms with Gasteiger partial charge in [0.1, 0.15) is 0 Å². The van der Waals surface area contributed by atoms with Gasteiger partial charge in [0.15, 0.2) is 5.78 Å². The molecule has 0 heterocycles. The van der Waals surface area contributed by atoms with Crippen LogP contribution in [0, 0.1) is 6.92 Å². The summed E-state index contributed by atoms with van der Waals surface area (Å²) in [7, 11) is 0. The average molecular weight is 318 g/mol. The Balaban J connectivity index is 1.68. The van der Waals surface area contributed by atoms with Gasteiger partial charge in [-0.3, -0.25) is 4.79 Å². The van der Waals surface area contributed by atoms with Gasteiger partial charge in [-0.05, 0) is 42.8 Å².